The van der Waals surface area contributed by atoms with Crippen molar-refractivity contribution in [3.63, 3.8) is 0 Å². The van der Waals surface area contributed by atoms with Gasteiger partial charge in [0.1, 0.15) is 11.6 Å². The standard InChI is InChI=1S/2C8H14O3.2C4H9O.Ti/c2*1-3-6(4-2)7(9)5-8(10)11;2*1-4(2,3)5;/h2*6H,3-5H2,1-2H3,(H,10,11);2*1-3H3;/q;;2*-1;+4/p-2. The van der Waals surface area contributed by atoms with Crippen molar-refractivity contribution < 1.29 is 56.0 Å². The number of carbonyl (C=O) groups excluding carboxylic acids is 4. The summed E-state index contributed by atoms with van der Waals surface area (Å²) >= 11 is -0.681. The molecule has 0 saturated carbocycles. The topological polar surface area (TPSA) is 133 Å². The van der Waals surface area contributed by atoms with Crippen LogP contribution < -0.4 is 10.2 Å². The third-order valence-corrected chi connectivity index (χ3v) is 6.39. The predicted octanol–water partition coefficient (Wildman–Crippen LogP) is 2.79. The van der Waals surface area contributed by atoms with Crippen molar-refractivity contribution in [2.24, 2.45) is 11.8 Å². The number of carboxylic acid groups (broad SMARTS) is 2. The Morgan fingerprint density at radius 1 is 0.636 bits per heavy atom. The number of hydrogen-bond acceptors (Lipinski definition) is 8. The van der Waals surface area contributed by atoms with Gasteiger partial charge in [-0.2, -0.15) is 0 Å². The maximum absolute atomic E-state index is 11.0. The van der Waals surface area contributed by atoms with Crippen LogP contribution in [0, 0.1) is 11.8 Å². The summed E-state index contributed by atoms with van der Waals surface area (Å²) in [4.78, 5) is 42.0. The van der Waals surface area contributed by atoms with Crippen molar-refractivity contribution in [1.82, 2.24) is 0 Å². The van der Waals surface area contributed by atoms with Crippen LogP contribution in [0.1, 0.15) is 108 Å². The van der Waals surface area contributed by atoms with E-state index < -0.39 is 44.7 Å². The van der Waals surface area contributed by atoms with Crippen LogP contribution in [-0.2, 0) is 45.7 Å². The average Bonchev–Trinajstić information content (AvgIpc) is 2.61. The van der Waals surface area contributed by atoms with Gasteiger partial charge < -0.3 is 19.8 Å². The van der Waals surface area contributed by atoms with Crippen molar-refractivity contribution >= 4 is 23.5 Å². The van der Waals surface area contributed by atoms with E-state index in [0.29, 0.717) is 25.7 Å². The van der Waals surface area contributed by atoms with Gasteiger partial charge in [-0.3, -0.25) is 9.59 Å². The summed E-state index contributed by atoms with van der Waals surface area (Å²) < 4.78 is 11.0. The summed E-state index contributed by atoms with van der Waals surface area (Å²) in [6.45, 7) is 19.8. The second-order valence-corrected chi connectivity index (χ2v) is 10.5. The number of ketones is 2. The van der Waals surface area contributed by atoms with Crippen molar-refractivity contribution in [2.45, 2.75) is 119 Å². The minimum absolute atomic E-state index is 0.0503. The number of rotatable bonds is 12. The molecule has 0 radical (unpaired) electrons. The van der Waals surface area contributed by atoms with E-state index in [-0.39, 0.29) is 34.6 Å². The molecule has 0 amide bonds. The van der Waals surface area contributed by atoms with Gasteiger partial charge in [0, 0.05) is 36.6 Å². The fraction of sp³-hybridized carbons (Fsp3) is 0.833. The first kappa shape index (κ1) is 36.5. The molecule has 0 aliphatic rings. The van der Waals surface area contributed by atoms with E-state index in [1.54, 1.807) is 0 Å². The van der Waals surface area contributed by atoms with Crippen LogP contribution in [0.25, 0.3) is 0 Å². The molecule has 0 atom stereocenters. The predicted molar refractivity (Wildman–Crippen MR) is 119 cm³/mol. The van der Waals surface area contributed by atoms with Crippen LogP contribution in [0.15, 0.2) is 0 Å². The zero-order valence-corrected chi connectivity index (χ0v) is 23.7. The Kier molecular flexibility index (Phi) is 21.3. The maximum atomic E-state index is 11.0. The van der Waals surface area contributed by atoms with Crippen LogP contribution in [0.3, 0.4) is 0 Å². The molecule has 0 N–H and O–H groups in total. The summed E-state index contributed by atoms with van der Waals surface area (Å²) in [5.74, 6) is -3.19. The van der Waals surface area contributed by atoms with Crippen LogP contribution in [-0.4, -0.2) is 34.7 Å². The molecule has 9 heteroatoms. The Morgan fingerprint density at radius 3 is 1.03 bits per heavy atom. The van der Waals surface area contributed by atoms with Gasteiger partial charge in [0.15, 0.2) is 0 Å². The molecular formula is C24H44O8Ti. The number of Topliss-reactive ketones (excluding diaryl/α,β-unsaturated/α-hetero) is 2. The Labute approximate surface area is 210 Å². The third kappa shape index (κ3) is 27.0. The Morgan fingerprint density at radius 2 is 0.879 bits per heavy atom. The summed E-state index contributed by atoms with van der Waals surface area (Å²) in [7, 11) is 0. The Balaban J connectivity index is -0.000000409. The van der Waals surface area contributed by atoms with Gasteiger partial charge in [-0.05, 0) is 25.7 Å². The van der Waals surface area contributed by atoms with E-state index in [2.05, 4.69) is 0 Å². The molecule has 0 aliphatic heterocycles. The van der Waals surface area contributed by atoms with Crippen molar-refractivity contribution in [2.75, 3.05) is 0 Å². The third-order valence-electron chi connectivity index (χ3n) is 4.21. The molecule has 192 valence electrons. The smallest absolute Gasteiger partial charge is 0.141 e. The van der Waals surface area contributed by atoms with Crippen molar-refractivity contribution in [3.05, 3.63) is 0 Å². The number of hydrogen-bond donors (Lipinski definition) is 0. The molecule has 0 aliphatic carbocycles. The number of aliphatic carboxylic acids is 2. The zero-order valence-electron chi connectivity index (χ0n) is 22.2. The van der Waals surface area contributed by atoms with E-state index in [4.69, 9.17) is 6.64 Å². The average molecular weight is 508 g/mol. The van der Waals surface area contributed by atoms with E-state index in [0.717, 1.165) is 0 Å². The molecular weight excluding hydrogens is 464 g/mol. The van der Waals surface area contributed by atoms with Gasteiger partial charge in [0.2, 0.25) is 0 Å². The zero-order chi connectivity index (χ0) is 26.8. The maximum Gasteiger partial charge on any atom is 0.141 e. The largest absolute Gasteiger partial charge is 0.550 e. The summed E-state index contributed by atoms with van der Waals surface area (Å²) in [6, 6.07) is 0. The van der Waals surface area contributed by atoms with Crippen LogP contribution in [0.2, 0.25) is 0 Å². The van der Waals surface area contributed by atoms with Gasteiger partial charge in [-0.15, -0.1) is 0 Å². The van der Waals surface area contributed by atoms with E-state index in [1.165, 1.54) is 0 Å². The molecule has 0 rings (SSSR count). The Hall–Kier alpha value is -1.09. The second kappa shape index (κ2) is 19.2. The monoisotopic (exact) mass is 508 g/mol. The quantitative estimate of drug-likeness (QED) is 0.290. The molecule has 0 saturated heterocycles. The van der Waals surface area contributed by atoms with E-state index >= 15 is 0 Å². The van der Waals surface area contributed by atoms with Crippen molar-refractivity contribution in [1.29, 1.82) is 0 Å². The van der Waals surface area contributed by atoms with Crippen LogP contribution in [0.4, 0.5) is 0 Å². The van der Waals surface area contributed by atoms with Gasteiger partial charge in [0.05, 0.1) is 0 Å². The fourth-order valence-corrected chi connectivity index (χ4v) is 3.18. The van der Waals surface area contributed by atoms with Crippen LogP contribution >= 0.6 is 0 Å². The molecule has 0 aromatic carbocycles. The molecule has 0 fully saturated rings. The molecule has 0 spiro atoms. The molecule has 0 bridgehead atoms. The first-order valence-electron chi connectivity index (χ1n) is 11.5. The normalized spacial score (nSPS) is 11.0. The van der Waals surface area contributed by atoms with E-state index in [9.17, 15) is 29.4 Å². The van der Waals surface area contributed by atoms with Crippen molar-refractivity contribution in [3.8, 4) is 0 Å². The first-order valence-corrected chi connectivity index (χ1v) is 12.8. The molecule has 0 aromatic heterocycles. The Bertz CT molecular complexity index is 518. The molecule has 0 aromatic rings. The first-order chi connectivity index (χ1) is 14.9. The van der Waals surface area contributed by atoms with Crippen LogP contribution in [0.5, 0.6) is 0 Å². The van der Waals surface area contributed by atoms with Gasteiger partial charge in [0.25, 0.3) is 0 Å². The summed E-state index contributed by atoms with van der Waals surface area (Å²) in [5.41, 5.74) is -0.101. The number of carboxylic acids is 2. The number of carbonyl (C=O) groups is 4. The second-order valence-electron chi connectivity index (χ2n) is 9.57. The fourth-order valence-electron chi connectivity index (χ4n) is 2.33. The van der Waals surface area contributed by atoms with Gasteiger partial charge >= 0.3 is 79.3 Å². The molecule has 33 heavy (non-hydrogen) atoms. The van der Waals surface area contributed by atoms with E-state index in [1.807, 2.05) is 69.2 Å². The SMILES string of the molecule is CC(C)(C)[O][Ti+2][O]C(C)(C)C.CCC(CC)C(=O)CC(=O)[O-].CCC(CC)C(=O)CC(=O)[O-]. The van der Waals surface area contributed by atoms with Gasteiger partial charge in [-0.1, -0.05) is 27.7 Å². The molecule has 0 unspecified atom stereocenters. The summed E-state index contributed by atoms with van der Waals surface area (Å²) in [6.07, 6.45) is 1.97. The summed E-state index contributed by atoms with van der Waals surface area (Å²) in [5, 5.41) is 20.0. The molecule has 0 heterocycles. The molecule has 8 nitrogen and oxygen atoms in total. The van der Waals surface area contributed by atoms with Gasteiger partial charge in [-0.25, -0.2) is 0 Å². The minimum Gasteiger partial charge on any atom is -0.550 e. The minimum atomic E-state index is -1.28.